The van der Waals surface area contributed by atoms with E-state index >= 15 is 0 Å². The minimum absolute atomic E-state index is 0.00531. The van der Waals surface area contributed by atoms with Crippen molar-refractivity contribution in [2.75, 3.05) is 32.1 Å². The second kappa shape index (κ2) is 5.84. The summed E-state index contributed by atoms with van der Waals surface area (Å²) in [7, 11) is 1.62. The first-order valence-corrected chi connectivity index (χ1v) is 6.09. The van der Waals surface area contributed by atoms with Gasteiger partial charge in [-0.1, -0.05) is 0 Å². The monoisotopic (exact) mass is 249 g/mol. The van der Waals surface area contributed by atoms with E-state index in [0.29, 0.717) is 6.54 Å². The highest BCUT2D eigenvalue weighted by Gasteiger charge is 2.20. The molecule has 1 aliphatic rings. The van der Waals surface area contributed by atoms with Crippen molar-refractivity contribution < 1.29 is 9.53 Å². The Bertz CT molecular complexity index is 405. The molecule has 0 aliphatic carbocycles. The number of nitrogens with two attached hydrogens (primary N) is 1. The summed E-state index contributed by atoms with van der Waals surface area (Å²) in [6.45, 7) is 2.10. The first kappa shape index (κ1) is 12.9. The number of likely N-dealkylation sites (tertiary alicyclic amines) is 1. The molecule has 5 heteroatoms. The van der Waals surface area contributed by atoms with E-state index in [1.807, 2.05) is 24.3 Å². The van der Waals surface area contributed by atoms with Crippen LogP contribution >= 0.6 is 0 Å². The Labute approximate surface area is 107 Å². The van der Waals surface area contributed by atoms with Crippen molar-refractivity contribution in [3.8, 4) is 5.75 Å². The lowest BCUT2D eigenvalue weighted by Gasteiger charge is -2.14. The number of benzene rings is 1. The fourth-order valence-electron chi connectivity index (χ4n) is 2.08. The van der Waals surface area contributed by atoms with Crippen LogP contribution in [0.2, 0.25) is 0 Å². The number of amides is 1. The fraction of sp³-hybridized carbons (Fsp3) is 0.462. The van der Waals surface area contributed by atoms with Gasteiger partial charge in [-0.05, 0) is 30.7 Å². The van der Waals surface area contributed by atoms with Gasteiger partial charge in [-0.2, -0.15) is 0 Å². The van der Waals surface area contributed by atoms with E-state index in [1.54, 1.807) is 7.11 Å². The maximum atomic E-state index is 11.8. The normalized spacial score (nSPS) is 19.8. The predicted octanol–water partition coefficient (Wildman–Crippen LogP) is 0.667. The van der Waals surface area contributed by atoms with Crippen LogP contribution in [0.4, 0.5) is 5.69 Å². The molecular weight excluding hydrogens is 230 g/mol. The molecule has 0 aromatic heterocycles. The number of ether oxygens (including phenoxy) is 1. The molecule has 1 aliphatic heterocycles. The number of nitrogens with one attached hydrogen (secondary N) is 1. The van der Waals surface area contributed by atoms with E-state index in [4.69, 9.17) is 10.5 Å². The third-order valence-corrected chi connectivity index (χ3v) is 3.05. The van der Waals surface area contributed by atoms with Crippen LogP contribution < -0.4 is 15.8 Å². The number of hydrogen-bond acceptors (Lipinski definition) is 4. The number of nitrogens with zero attached hydrogens (tertiary/aromatic N) is 1. The molecule has 1 amide bonds. The van der Waals surface area contributed by atoms with Crippen molar-refractivity contribution >= 4 is 11.6 Å². The highest BCUT2D eigenvalue weighted by molar-refractivity contribution is 5.92. The summed E-state index contributed by atoms with van der Waals surface area (Å²) in [6, 6.07) is 7.50. The lowest BCUT2D eigenvalue weighted by atomic mass is 10.3. The third-order valence-electron chi connectivity index (χ3n) is 3.05. The zero-order valence-electron chi connectivity index (χ0n) is 10.6. The Morgan fingerprint density at radius 2 is 2.22 bits per heavy atom. The van der Waals surface area contributed by atoms with E-state index in [0.717, 1.165) is 30.9 Å². The highest BCUT2D eigenvalue weighted by Crippen LogP contribution is 2.15. The average molecular weight is 249 g/mol. The van der Waals surface area contributed by atoms with Crippen LogP contribution in [-0.2, 0) is 4.79 Å². The number of anilines is 1. The summed E-state index contributed by atoms with van der Waals surface area (Å²) in [4.78, 5) is 13.9. The molecule has 3 N–H and O–H groups in total. The van der Waals surface area contributed by atoms with Crippen LogP contribution in [-0.4, -0.2) is 43.6 Å². The number of carbonyl (C=O) groups is 1. The van der Waals surface area contributed by atoms with Gasteiger partial charge in [-0.25, -0.2) is 0 Å². The molecule has 18 heavy (non-hydrogen) atoms. The Balaban J connectivity index is 1.83. The van der Waals surface area contributed by atoms with Gasteiger partial charge in [-0.15, -0.1) is 0 Å². The first-order valence-electron chi connectivity index (χ1n) is 6.09. The van der Waals surface area contributed by atoms with Crippen molar-refractivity contribution in [3.05, 3.63) is 24.3 Å². The van der Waals surface area contributed by atoms with Gasteiger partial charge in [0.2, 0.25) is 5.91 Å². The zero-order valence-corrected chi connectivity index (χ0v) is 10.6. The van der Waals surface area contributed by atoms with E-state index in [1.165, 1.54) is 0 Å². The average Bonchev–Trinajstić information content (AvgIpc) is 2.75. The maximum Gasteiger partial charge on any atom is 0.238 e. The van der Waals surface area contributed by atoms with Crippen molar-refractivity contribution in [1.82, 2.24) is 4.90 Å². The molecule has 1 heterocycles. The summed E-state index contributed by atoms with van der Waals surface area (Å²) in [6.07, 6.45) is 0.968. The Kier molecular flexibility index (Phi) is 4.17. The van der Waals surface area contributed by atoms with Gasteiger partial charge in [0.15, 0.2) is 0 Å². The smallest absolute Gasteiger partial charge is 0.238 e. The van der Waals surface area contributed by atoms with Gasteiger partial charge in [0.25, 0.3) is 0 Å². The Hall–Kier alpha value is -1.59. The van der Waals surface area contributed by atoms with Gasteiger partial charge in [-0.3, -0.25) is 9.69 Å². The number of carbonyl (C=O) groups excluding carboxylic acids is 1. The molecule has 1 aromatic rings. The number of methoxy groups -OCH3 is 1. The minimum Gasteiger partial charge on any atom is -0.497 e. The van der Waals surface area contributed by atoms with Crippen molar-refractivity contribution in [2.24, 2.45) is 5.73 Å². The Morgan fingerprint density at radius 1 is 1.50 bits per heavy atom. The van der Waals surface area contributed by atoms with E-state index in [9.17, 15) is 4.79 Å². The minimum atomic E-state index is -0.00531. The standard InChI is InChI=1S/C13H19N3O2/c1-18-12-4-2-11(3-5-12)15-13(17)9-16-7-6-10(14)8-16/h2-5,10H,6-9,14H2,1H3,(H,15,17). The van der Waals surface area contributed by atoms with Gasteiger partial charge in [0.05, 0.1) is 13.7 Å². The van der Waals surface area contributed by atoms with Crippen molar-refractivity contribution in [2.45, 2.75) is 12.5 Å². The second-order valence-electron chi connectivity index (χ2n) is 4.56. The fourth-order valence-corrected chi connectivity index (χ4v) is 2.08. The summed E-state index contributed by atoms with van der Waals surface area (Å²) in [5.74, 6) is 0.771. The predicted molar refractivity (Wildman–Crippen MR) is 70.7 cm³/mol. The van der Waals surface area contributed by atoms with Crippen LogP contribution in [0.3, 0.4) is 0 Å². The quantitative estimate of drug-likeness (QED) is 0.823. The van der Waals surface area contributed by atoms with E-state index < -0.39 is 0 Å². The summed E-state index contributed by atoms with van der Waals surface area (Å²) < 4.78 is 5.06. The third kappa shape index (κ3) is 3.45. The molecule has 1 saturated heterocycles. The number of hydrogen-bond donors (Lipinski definition) is 2. The van der Waals surface area contributed by atoms with Crippen molar-refractivity contribution in [3.63, 3.8) is 0 Å². The molecule has 1 unspecified atom stereocenters. The SMILES string of the molecule is COc1ccc(NC(=O)CN2CCC(N)C2)cc1. The molecule has 0 bridgehead atoms. The molecule has 0 radical (unpaired) electrons. The van der Waals surface area contributed by atoms with Gasteiger partial charge < -0.3 is 15.8 Å². The maximum absolute atomic E-state index is 11.8. The molecule has 0 spiro atoms. The van der Waals surface area contributed by atoms with E-state index in [-0.39, 0.29) is 11.9 Å². The molecule has 1 fully saturated rings. The lowest BCUT2D eigenvalue weighted by molar-refractivity contribution is -0.117. The number of rotatable bonds is 4. The second-order valence-corrected chi connectivity index (χ2v) is 4.56. The van der Waals surface area contributed by atoms with E-state index in [2.05, 4.69) is 10.2 Å². The van der Waals surface area contributed by atoms with Crippen LogP contribution in [0.25, 0.3) is 0 Å². The van der Waals surface area contributed by atoms with Gasteiger partial charge in [0, 0.05) is 24.8 Å². The molecule has 1 atom stereocenters. The Morgan fingerprint density at radius 3 is 2.78 bits per heavy atom. The molecule has 2 rings (SSSR count). The highest BCUT2D eigenvalue weighted by atomic mass is 16.5. The summed E-state index contributed by atoms with van der Waals surface area (Å²) in [5, 5.41) is 2.86. The molecule has 0 saturated carbocycles. The summed E-state index contributed by atoms with van der Waals surface area (Å²) >= 11 is 0. The first-order chi connectivity index (χ1) is 8.67. The molecule has 5 nitrogen and oxygen atoms in total. The van der Waals surface area contributed by atoms with Crippen LogP contribution in [0.1, 0.15) is 6.42 Å². The molecule has 1 aromatic carbocycles. The van der Waals surface area contributed by atoms with Crippen LogP contribution in [0, 0.1) is 0 Å². The molecular formula is C13H19N3O2. The lowest BCUT2D eigenvalue weighted by Crippen LogP contribution is -2.33. The summed E-state index contributed by atoms with van der Waals surface area (Å²) in [5.41, 5.74) is 6.58. The zero-order chi connectivity index (χ0) is 13.0. The largest absolute Gasteiger partial charge is 0.497 e. The molecule has 98 valence electrons. The van der Waals surface area contributed by atoms with Crippen LogP contribution in [0.5, 0.6) is 5.75 Å². The van der Waals surface area contributed by atoms with Crippen LogP contribution in [0.15, 0.2) is 24.3 Å². The topological polar surface area (TPSA) is 67.6 Å². The van der Waals surface area contributed by atoms with Gasteiger partial charge in [0.1, 0.15) is 5.75 Å². The van der Waals surface area contributed by atoms with Crippen molar-refractivity contribution in [1.29, 1.82) is 0 Å². The van der Waals surface area contributed by atoms with Gasteiger partial charge >= 0.3 is 0 Å².